The van der Waals surface area contributed by atoms with Gasteiger partial charge in [0.05, 0.1) is 26.4 Å². The first-order valence-electron chi connectivity index (χ1n) is 39.6. The Labute approximate surface area is 651 Å². The number of hydrogen-bond acceptors (Lipinski definition) is 15. The molecule has 0 saturated carbocycles. The number of ether oxygens (including phenoxy) is 4. The number of unbranched alkanes of at least 4 members (excludes halogenated alkanes) is 7. The number of allylic oxidation sites excluding steroid dienone is 38. The molecule has 19 heteroatoms. The smallest absolute Gasteiger partial charge is 0.462 e. The zero-order chi connectivity index (χ0) is 78.9. The van der Waals surface area contributed by atoms with Crippen molar-refractivity contribution >= 4 is 39.5 Å². The van der Waals surface area contributed by atoms with Gasteiger partial charge in [0.1, 0.15) is 19.3 Å². The molecule has 604 valence electrons. The van der Waals surface area contributed by atoms with Gasteiger partial charge < -0.3 is 33.8 Å². The summed E-state index contributed by atoms with van der Waals surface area (Å²) in [6.45, 7) is 4.13. The molecule has 0 saturated heterocycles. The van der Waals surface area contributed by atoms with Crippen LogP contribution in [0.2, 0.25) is 0 Å². The third-order valence-electron chi connectivity index (χ3n) is 15.1. The minimum absolute atomic E-state index is 0.00841. The van der Waals surface area contributed by atoms with Crippen LogP contribution in [0.1, 0.15) is 246 Å². The largest absolute Gasteiger partial charge is 0.472 e. The number of carbonyl (C=O) groups excluding carboxylic acids is 4. The first-order chi connectivity index (χ1) is 52.7. The van der Waals surface area contributed by atoms with Gasteiger partial charge in [-0.25, -0.2) is 9.13 Å². The third-order valence-corrected chi connectivity index (χ3v) is 17.0. The number of rotatable bonds is 71. The van der Waals surface area contributed by atoms with E-state index in [4.69, 9.17) is 37.0 Å². The van der Waals surface area contributed by atoms with E-state index in [9.17, 15) is 43.2 Å². The summed E-state index contributed by atoms with van der Waals surface area (Å²) in [5.41, 5.74) is 0. The highest BCUT2D eigenvalue weighted by molar-refractivity contribution is 7.47. The van der Waals surface area contributed by atoms with E-state index in [1.165, 1.54) is 0 Å². The van der Waals surface area contributed by atoms with Crippen LogP contribution in [0.25, 0.3) is 0 Å². The van der Waals surface area contributed by atoms with Gasteiger partial charge in [-0.2, -0.15) is 0 Å². The lowest BCUT2D eigenvalue weighted by atomic mass is 10.1. The van der Waals surface area contributed by atoms with Crippen molar-refractivity contribution in [3.8, 4) is 0 Å². The second kappa shape index (κ2) is 78.2. The van der Waals surface area contributed by atoms with Crippen molar-refractivity contribution in [2.75, 3.05) is 39.6 Å². The molecule has 0 spiro atoms. The summed E-state index contributed by atoms with van der Waals surface area (Å²) in [5.74, 6) is -2.46. The van der Waals surface area contributed by atoms with Gasteiger partial charge in [0.15, 0.2) is 12.2 Å². The van der Waals surface area contributed by atoms with Gasteiger partial charge in [0.25, 0.3) is 0 Å². The molecular weight excluding hydrogens is 1400 g/mol. The molecule has 17 nitrogen and oxygen atoms in total. The van der Waals surface area contributed by atoms with Gasteiger partial charge in [-0.3, -0.25) is 37.3 Å². The van der Waals surface area contributed by atoms with E-state index in [1.807, 2.05) is 42.5 Å². The van der Waals surface area contributed by atoms with Gasteiger partial charge in [-0.15, -0.1) is 0 Å². The van der Waals surface area contributed by atoms with E-state index in [2.05, 4.69) is 216 Å². The van der Waals surface area contributed by atoms with Crippen molar-refractivity contribution in [2.24, 2.45) is 0 Å². The summed E-state index contributed by atoms with van der Waals surface area (Å²) in [7, 11) is -10.0. The zero-order valence-corrected chi connectivity index (χ0v) is 67.7. The molecule has 0 heterocycles. The molecule has 5 atom stereocenters. The summed E-state index contributed by atoms with van der Waals surface area (Å²) in [6.07, 6.45) is 101. The minimum atomic E-state index is -5.03. The fraction of sp³-hybridized carbons (Fsp3) is 0.528. The van der Waals surface area contributed by atoms with Crippen molar-refractivity contribution in [1.29, 1.82) is 0 Å². The molecule has 0 radical (unpaired) electrons. The van der Waals surface area contributed by atoms with Gasteiger partial charge in [-0.1, -0.05) is 278 Å². The summed E-state index contributed by atoms with van der Waals surface area (Å²) in [5, 5.41) is 10.6. The van der Waals surface area contributed by atoms with E-state index < -0.39 is 97.5 Å². The number of hydrogen-bond donors (Lipinski definition) is 3. The van der Waals surface area contributed by atoms with Crippen LogP contribution in [-0.4, -0.2) is 96.7 Å². The Morgan fingerprint density at radius 1 is 0.259 bits per heavy atom. The Morgan fingerprint density at radius 3 is 0.787 bits per heavy atom. The molecule has 0 aromatic carbocycles. The maximum absolute atomic E-state index is 13.1. The molecule has 0 aliphatic heterocycles. The molecule has 0 aliphatic rings. The zero-order valence-electron chi connectivity index (χ0n) is 65.9. The van der Waals surface area contributed by atoms with Crippen molar-refractivity contribution in [3.63, 3.8) is 0 Å². The highest BCUT2D eigenvalue weighted by Crippen LogP contribution is 2.45. The summed E-state index contributed by atoms with van der Waals surface area (Å²) >= 11 is 0. The van der Waals surface area contributed by atoms with E-state index >= 15 is 0 Å². The maximum atomic E-state index is 13.1. The van der Waals surface area contributed by atoms with Gasteiger partial charge >= 0.3 is 39.5 Å². The molecule has 0 aromatic rings. The molecule has 0 aliphatic carbocycles. The Bertz CT molecular complexity index is 2960. The van der Waals surface area contributed by atoms with Crippen LogP contribution in [0.3, 0.4) is 0 Å². The predicted molar refractivity (Wildman–Crippen MR) is 444 cm³/mol. The lowest BCUT2D eigenvalue weighted by molar-refractivity contribution is -0.161. The summed E-state index contributed by atoms with van der Waals surface area (Å²) in [4.78, 5) is 73.0. The molecule has 0 aromatic heterocycles. The Kier molecular flexibility index (Phi) is 73.3. The third kappa shape index (κ3) is 77.3. The Balaban J connectivity index is 5.59. The van der Waals surface area contributed by atoms with Crippen molar-refractivity contribution in [2.45, 2.75) is 264 Å². The fourth-order valence-corrected chi connectivity index (χ4v) is 10.8. The van der Waals surface area contributed by atoms with Crippen molar-refractivity contribution in [1.82, 2.24) is 0 Å². The number of aliphatic hydroxyl groups is 1. The molecule has 3 N–H and O–H groups in total. The number of carbonyl (C=O) groups is 4. The second-order valence-corrected chi connectivity index (χ2v) is 28.0. The minimum Gasteiger partial charge on any atom is -0.462 e. The molecule has 0 rings (SSSR count). The van der Waals surface area contributed by atoms with Crippen LogP contribution in [0.4, 0.5) is 0 Å². The van der Waals surface area contributed by atoms with E-state index in [-0.39, 0.29) is 25.7 Å². The molecule has 0 fully saturated rings. The first-order valence-corrected chi connectivity index (χ1v) is 42.6. The fourth-order valence-electron chi connectivity index (χ4n) is 9.27. The highest BCUT2D eigenvalue weighted by Gasteiger charge is 2.30. The normalized spacial score (nSPS) is 15.1. The molecule has 5 unspecified atom stereocenters. The van der Waals surface area contributed by atoms with Crippen molar-refractivity contribution in [3.05, 3.63) is 231 Å². The van der Waals surface area contributed by atoms with E-state index in [0.717, 1.165) is 148 Å². The van der Waals surface area contributed by atoms with Crippen molar-refractivity contribution < 1.29 is 80.2 Å². The van der Waals surface area contributed by atoms with Crippen LogP contribution in [0.5, 0.6) is 0 Å². The predicted octanol–water partition coefficient (Wildman–Crippen LogP) is 23.4. The maximum Gasteiger partial charge on any atom is 0.472 e. The van der Waals surface area contributed by atoms with Crippen LogP contribution >= 0.6 is 15.6 Å². The first kappa shape index (κ1) is 101. The molecular formula is C89H136O17P2. The number of phosphoric acid groups is 2. The Morgan fingerprint density at radius 2 is 0.481 bits per heavy atom. The van der Waals surface area contributed by atoms with Gasteiger partial charge in [-0.05, 0) is 173 Å². The lowest BCUT2D eigenvalue weighted by Crippen LogP contribution is -2.30. The lowest BCUT2D eigenvalue weighted by Gasteiger charge is -2.21. The molecule has 0 bridgehead atoms. The number of phosphoric ester groups is 2. The SMILES string of the molecule is CC/C=C\C/C=C\C/C=C\C/C=C\C/C=C\C/C=C\CCC(=O)OCC(COP(=O)(O)OCC(O)COP(=O)(O)OCC(COC(=O)CCC/C=C\C/C=C\C/C=C\C/C=C\C/C=C\CC)OC(=O)CCC/C=C\C/C=C\C/C=C\C/C=C\C/C=C\CC)OC(=O)CCCCCCC/C=C\C/C=C\C/C=C\CC. The van der Waals surface area contributed by atoms with Gasteiger partial charge in [0, 0.05) is 25.7 Å². The summed E-state index contributed by atoms with van der Waals surface area (Å²) in [6, 6.07) is 0. The van der Waals surface area contributed by atoms with Crippen LogP contribution in [-0.2, 0) is 65.4 Å². The highest BCUT2D eigenvalue weighted by atomic mass is 31.2. The van der Waals surface area contributed by atoms with Gasteiger partial charge in [0.2, 0.25) is 0 Å². The average molecular weight is 1540 g/mol. The van der Waals surface area contributed by atoms with E-state index in [1.54, 1.807) is 0 Å². The molecule has 108 heavy (non-hydrogen) atoms. The van der Waals surface area contributed by atoms with Crippen LogP contribution in [0, 0.1) is 0 Å². The number of aliphatic hydroxyl groups excluding tert-OH is 1. The van der Waals surface area contributed by atoms with Crippen LogP contribution in [0.15, 0.2) is 231 Å². The van der Waals surface area contributed by atoms with E-state index in [0.29, 0.717) is 44.9 Å². The quantitative estimate of drug-likeness (QED) is 0.0169. The topological polar surface area (TPSA) is 237 Å². The van der Waals surface area contributed by atoms with Crippen LogP contribution < -0.4 is 0 Å². The average Bonchev–Trinajstić information content (AvgIpc) is 0.901. The second-order valence-electron chi connectivity index (χ2n) is 25.1. The molecule has 0 amide bonds. The summed E-state index contributed by atoms with van der Waals surface area (Å²) < 4.78 is 68.4. The standard InChI is InChI=1S/C89H136O17P2/c1-5-9-13-17-21-25-29-33-37-40-41-44-47-50-54-58-62-66-70-74-87(92)100-79-84(105-88(93)75-71-67-63-59-55-51-45-36-32-28-24-20-16-12-8-4)81-103-107(95,96)101-77-83(90)78-102-108(97,98)104-82-85(106-89(94)76-72-68-64-60-56-52-48-43-39-35-31-27-23-19-15-11-7-3)80-99-86(91)73-69-65-61-57-53-49-46-42-38-34-30-26-22-18-14-10-6-2/h9-16,21-28,33-39,41,44-46,48-50,52,54,57,60-62,64,66,83-85,90H,5-8,17-20,29-32,40,42-43,47,51,53,55-56,58-59,63,65,67-82H2,1-4H3,(H,95,96)(H,97,98)/b13-9-,14-10-,15-11-,16-12-,25-21-,26-22-,27-23-,28-24-,37-33-,38-34-,39-35-,44-41-,45-36-,49-46-,52-48-,54-50-,61-57-,64-60-,66-62-. The Hall–Kier alpha value is -6.88. The number of esters is 4. The monoisotopic (exact) mass is 1540 g/mol.